The van der Waals surface area contributed by atoms with Crippen LogP contribution in [-0.2, 0) is 6.42 Å². The van der Waals surface area contributed by atoms with Crippen molar-refractivity contribution in [1.82, 2.24) is 9.97 Å². The van der Waals surface area contributed by atoms with E-state index >= 15 is 0 Å². The Morgan fingerprint density at radius 3 is 2.86 bits per heavy atom. The summed E-state index contributed by atoms with van der Waals surface area (Å²) in [4.78, 5) is 10.8. The van der Waals surface area contributed by atoms with Gasteiger partial charge in [-0.05, 0) is 19.3 Å². The van der Waals surface area contributed by atoms with Crippen molar-refractivity contribution in [1.29, 1.82) is 0 Å². The topological polar surface area (TPSA) is 55.0 Å². The number of rotatable bonds is 1. The lowest BCUT2D eigenvalue weighted by Gasteiger charge is -2.11. The number of nitrogen functional groups attached to an aromatic ring is 1. The average molecular weight is 190 g/mol. The normalized spacial score (nSPS) is 19.9. The quantitative estimate of drug-likeness (QED) is 0.715. The van der Waals surface area contributed by atoms with Gasteiger partial charge in [0, 0.05) is 25.1 Å². The molecule has 0 amide bonds. The van der Waals surface area contributed by atoms with Crippen LogP contribution >= 0.6 is 0 Å². The molecule has 0 bridgehead atoms. The number of likely N-dealkylation sites (N-methyl/N-ethyl adjacent to an activating group) is 1. The maximum atomic E-state index is 5.71. The van der Waals surface area contributed by atoms with Crippen molar-refractivity contribution in [2.75, 3.05) is 24.2 Å². The van der Waals surface area contributed by atoms with E-state index in [1.54, 1.807) is 0 Å². The third-order valence-electron chi connectivity index (χ3n) is 3.06. The van der Waals surface area contributed by atoms with Gasteiger partial charge in [-0.3, -0.25) is 0 Å². The molecule has 0 atom stereocenters. The van der Waals surface area contributed by atoms with Gasteiger partial charge in [0.15, 0.2) is 0 Å². The SMILES string of the molecule is CN1CCc2c(C3CC3)nc(N)nc21. The smallest absolute Gasteiger partial charge is 0.222 e. The van der Waals surface area contributed by atoms with Gasteiger partial charge < -0.3 is 10.6 Å². The Labute approximate surface area is 83.1 Å². The minimum atomic E-state index is 0.430. The molecule has 2 N–H and O–H groups in total. The van der Waals surface area contributed by atoms with E-state index in [9.17, 15) is 0 Å². The van der Waals surface area contributed by atoms with E-state index in [4.69, 9.17) is 5.73 Å². The lowest BCUT2D eigenvalue weighted by Crippen LogP contribution is -2.14. The molecule has 2 heterocycles. The first-order valence-corrected chi connectivity index (χ1v) is 5.13. The Morgan fingerprint density at radius 1 is 1.36 bits per heavy atom. The number of anilines is 2. The Kier molecular flexibility index (Phi) is 1.48. The summed E-state index contributed by atoms with van der Waals surface area (Å²) in [7, 11) is 2.06. The summed E-state index contributed by atoms with van der Waals surface area (Å²) in [6.07, 6.45) is 3.62. The van der Waals surface area contributed by atoms with E-state index in [0.29, 0.717) is 11.9 Å². The number of fused-ring (bicyclic) bond motifs is 1. The molecule has 1 aromatic rings. The van der Waals surface area contributed by atoms with E-state index in [-0.39, 0.29) is 0 Å². The second-order valence-electron chi connectivity index (χ2n) is 4.22. The lowest BCUT2D eigenvalue weighted by molar-refractivity contribution is 0.935. The number of nitrogens with zero attached hydrogens (tertiary/aromatic N) is 3. The first-order chi connectivity index (χ1) is 6.75. The van der Waals surface area contributed by atoms with Crippen LogP contribution in [-0.4, -0.2) is 23.6 Å². The van der Waals surface area contributed by atoms with Gasteiger partial charge in [-0.2, -0.15) is 4.98 Å². The molecule has 0 aromatic carbocycles. The Morgan fingerprint density at radius 2 is 2.14 bits per heavy atom. The summed E-state index contributed by atoms with van der Waals surface area (Å²) in [6, 6.07) is 0. The van der Waals surface area contributed by atoms with Crippen LogP contribution in [0, 0.1) is 0 Å². The number of hydrogen-bond acceptors (Lipinski definition) is 4. The van der Waals surface area contributed by atoms with Crippen LogP contribution in [0.4, 0.5) is 11.8 Å². The predicted molar refractivity (Wildman–Crippen MR) is 55.4 cm³/mol. The van der Waals surface area contributed by atoms with Crippen molar-refractivity contribution < 1.29 is 0 Å². The van der Waals surface area contributed by atoms with Crippen LogP contribution < -0.4 is 10.6 Å². The molecule has 2 aliphatic rings. The molecular weight excluding hydrogens is 176 g/mol. The van der Waals surface area contributed by atoms with Gasteiger partial charge in [0.25, 0.3) is 0 Å². The molecule has 14 heavy (non-hydrogen) atoms. The fraction of sp³-hybridized carbons (Fsp3) is 0.600. The van der Waals surface area contributed by atoms with Gasteiger partial charge in [-0.25, -0.2) is 4.98 Å². The summed E-state index contributed by atoms with van der Waals surface area (Å²) < 4.78 is 0. The first kappa shape index (κ1) is 8.03. The summed E-state index contributed by atoms with van der Waals surface area (Å²) in [5.41, 5.74) is 8.27. The Balaban J connectivity index is 2.16. The minimum Gasteiger partial charge on any atom is -0.368 e. The standard InChI is InChI=1S/C10H14N4/c1-14-5-4-7-8(6-2-3-6)12-10(11)13-9(7)14/h6H,2-5H2,1H3,(H2,11,12,13). The minimum absolute atomic E-state index is 0.430. The van der Waals surface area contributed by atoms with E-state index in [1.807, 2.05) is 0 Å². The zero-order valence-electron chi connectivity index (χ0n) is 8.32. The number of aromatic nitrogens is 2. The molecule has 4 nitrogen and oxygen atoms in total. The van der Waals surface area contributed by atoms with Gasteiger partial charge in [0.1, 0.15) is 5.82 Å². The number of hydrogen-bond donors (Lipinski definition) is 1. The fourth-order valence-electron chi connectivity index (χ4n) is 2.14. The molecule has 0 spiro atoms. The van der Waals surface area contributed by atoms with E-state index in [2.05, 4.69) is 21.9 Å². The van der Waals surface area contributed by atoms with Crippen molar-refractivity contribution in [2.24, 2.45) is 0 Å². The summed E-state index contributed by atoms with van der Waals surface area (Å²) in [5.74, 6) is 2.15. The highest BCUT2D eigenvalue weighted by Crippen LogP contribution is 2.43. The van der Waals surface area contributed by atoms with E-state index in [1.165, 1.54) is 24.1 Å². The van der Waals surface area contributed by atoms with Crippen LogP contribution in [0.3, 0.4) is 0 Å². The van der Waals surface area contributed by atoms with Crippen molar-refractivity contribution in [3.63, 3.8) is 0 Å². The van der Waals surface area contributed by atoms with Gasteiger partial charge in [-0.1, -0.05) is 0 Å². The monoisotopic (exact) mass is 190 g/mol. The maximum Gasteiger partial charge on any atom is 0.222 e. The predicted octanol–water partition coefficient (Wildman–Crippen LogP) is 0.928. The van der Waals surface area contributed by atoms with Crippen LogP contribution in [0.5, 0.6) is 0 Å². The van der Waals surface area contributed by atoms with E-state index in [0.717, 1.165) is 18.8 Å². The van der Waals surface area contributed by atoms with Gasteiger partial charge in [-0.15, -0.1) is 0 Å². The highest BCUT2D eigenvalue weighted by Gasteiger charge is 2.32. The summed E-state index contributed by atoms with van der Waals surface area (Å²) >= 11 is 0. The summed E-state index contributed by atoms with van der Waals surface area (Å²) in [6.45, 7) is 1.05. The lowest BCUT2D eigenvalue weighted by atomic mass is 10.1. The maximum absolute atomic E-state index is 5.71. The van der Waals surface area contributed by atoms with E-state index < -0.39 is 0 Å². The first-order valence-electron chi connectivity index (χ1n) is 5.13. The van der Waals surface area contributed by atoms with Gasteiger partial charge in [0.2, 0.25) is 5.95 Å². The van der Waals surface area contributed by atoms with Gasteiger partial charge in [0.05, 0.1) is 5.69 Å². The molecular formula is C10H14N4. The van der Waals surface area contributed by atoms with Gasteiger partial charge >= 0.3 is 0 Å². The third kappa shape index (κ3) is 1.06. The summed E-state index contributed by atoms with van der Waals surface area (Å²) in [5, 5.41) is 0. The molecule has 4 heteroatoms. The van der Waals surface area contributed by atoms with Crippen molar-refractivity contribution in [3.8, 4) is 0 Å². The zero-order valence-corrected chi connectivity index (χ0v) is 8.32. The van der Waals surface area contributed by atoms with Crippen LogP contribution in [0.2, 0.25) is 0 Å². The molecule has 3 rings (SSSR count). The number of nitrogens with two attached hydrogens (primary N) is 1. The molecule has 1 fully saturated rings. The van der Waals surface area contributed by atoms with Crippen LogP contribution in [0.1, 0.15) is 30.0 Å². The molecule has 1 aromatic heterocycles. The second kappa shape index (κ2) is 2.59. The molecule has 0 unspecified atom stereocenters. The Bertz CT molecular complexity index is 384. The van der Waals surface area contributed by atoms with Crippen LogP contribution in [0.15, 0.2) is 0 Å². The Hall–Kier alpha value is -1.32. The fourth-order valence-corrected chi connectivity index (χ4v) is 2.14. The van der Waals surface area contributed by atoms with Crippen molar-refractivity contribution in [2.45, 2.75) is 25.2 Å². The molecule has 74 valence electrons. The largest absolute Gasteiger partial charge is 0.368 e. The van der Waals surface area contributed by atoms with Crippen molar-refractivity contribution >= 4 is 11.8 Å². The molecule has 0 radical (unpaired) electrons. The molecule has 1 aliphatic heterocycles. The van der Waals surface area contributed by atoms with Crippen molar-refractivity contribution in [3.05, 3.63) is 11.3 Å². The highest BCUT2D eigenvalue weighted by molar-refractivity contribution is 5.56. The molecule has 0 saturated heterocycles. The molecule has 1 saturated carbocycles. The van der Waals surface area contributed by atoms with Crippen LogP contribution in [0.25, 0.3) is 0 Å². The zero-order chi connectivity index (χ0) is 9.71. The average Bonchev–Trinajstić information content (AvgIpc) is 2.93. The highest BCUT2D eigenvalue weighted by atomic mass is 15.2. The molecule has 1 aliphatic carbocycles. The second-order valence-corrected chi connectivity index (χ2v) is 4.22. The third-order valence-corrected chi connectivity index (χ3v) is 3.06.